The third-order valence-electron chi connectivity index (χ3n) is 4.71. The molecular formula is C26H48N4O8. The highest BCUT2D eigenvalue weighted by Gasteiger charge is 2.31. The minimum atomic E-state index is -1.24. The van der Waals surface area contributed by atoms with Crippen molar-refractivity contribution in [3.63, 3.8) is 0 Å². The fraction of sp³-hybridized carbons (Fsp3) is 0.808. The number of hydrogen-bond acceptors (Lipinski definition) is 8. The second-order valence-corrected chi connectivity index (χ2v) is 12.0. The third-order valence-corrected chi connectivity index (χ3v) is 4.71. The number of amides is 4. The van der Waals surface area contributed by atoms with Crippen LogP contribution in [0.15, 0.2) is 0 Å². The normalized spacial score (nSPS) is 14.1. The van der Waals surface area contributed by atoms with Crippen molar-refractivity contribution in [2.45, 2.75) is 111 Å². The van der Waals surface area contributed by atoms with Crippen LogP contribution in [0.4, 0.5) is 9.59 Å². The lowest BCUT2D eigenvalue weighted by molar-refractivity contribution is -0.145. The van der Waals surface area contributed by atoms with E-state index in [1.807, 2.05) is 27.7 Å². The quantitative estimate of drug-likeness (QED) is 0.215. The molecule has 0 aromatic rings. The highest BCUT2D eigenvalue weighted by molar-refractivity contribution is 5.90. The molecule has 0 aromatic heterocycles. The van der Waals surface area contributed by atoms with Gasteiger partial charge in [0.2, 0.25) is 11.8 Å². The van der Waals surface area contributed by atoms with Crippen LogP contribution in [0.25, 0.3) is 0 Å². The van der Waals surface area contributed by atoms with Crippen molar-refractivity contribution in [2.24, 2.45) is 11.8 Å². The van der Waals surface area contributed by atoms with Gasteiger partial charge in [0.15, 0.2) is 0 Å². The molecule has 4 N–H and O–H groups in total. The Morgan fingerprint density at radius 1 is 0.632 bits per heavy atom. The first-order chi connectivity index (χ1) is 17.2. The Kier molecular flexibility index (Phi) is 14.1. The molecule has 38 heavy (non-hydrogen) atoms. The zero-order valence-electron chi connectivity index (χ0n) is 24.8. The maximum absolute atomic E-state index is 13.0. The van der Waals surface area contributed by atoms with Crippen molar-refractivity contribution < 1.29 is 38.2 Å². The molecule has 0 aliphatic heterocycles. The molecule has 0 aromatic carbocycles. The van der Waals surface area contributed by atoms with Crippen molar-refractivity contribution in [2.75, 3.05) is 13.7 Å². The summed E-state index contributed by atoms with van der Waals surface area (Å²) in [5.74, 6) is -1.89. The number of ether oxygens (including phenoxy) is 3. The van der Waals surface area contributed by atoms with E-state index in [0.717, 1.165) is 7.11 Å². The SMILES string of the molecule is COC(=O)[C@H](CNC(=O)[C@H](CC(C)C)NC(=O)OC(C)(C)C)NC(=O)[C@H](CC(C)C)NC(=O)OC(C)(C)C. The number of nitrogens with one attached hydrogen (secondary N) is 4. The first kappa shape index (κ1) is 35.0. The standard InChI is InChI=1S/C26H48N4O8/c1-15(2)12-17(29-23(34)37-25(5,6)7)20(31)27-14-19(22(33)36-11)28-21(32)18(13-16(3)4)30-24(35)38-26(8,9)10/h15-19H,12-14H2,1-11H3,(H,27,31)(H,28,32)(H,29,34)(H,30,35)/t17-,18-,19-/m0/s1. The summed E-state index contributed by atoms with van der Waals surface area (Å²) in [6.07, 6.45) is -0.926. The molecule has 0 aliphatic carbocycles. The van der Waals surface area contributed by atoms with E-state index in [-0.39, 0.29) is 24.8 Å². The molecule has 220 valence electrons. The minimum Gasteiger partial charge on any atom is -0.467 e. The molecule has 0 unspecified atom stereocenters. The average Bonchev–Trinajstić information content (AvgIpc) is 2.71. The summed E-state index contributed by atoms with van der Waals surface area (Å²) in [4.78, 5) is 62.9. The summed E-state index contributed by atoms with van der Waals surface area (Å²) in [7, 11) is 1.15. The van der Waals surface area contributed by atoms with Gasteiger partial charge < -0.3 is 35.5 Å². The van der Waals surface area contributed by atoms with Gasteiger partial charge in [0.25, 0.3) is 0 Å². The molecule has 0 spiro atoms. The summed E-state index contributed by atoms with van der Waals surface area (Å²) in [5, 5.41) is 10.2. The highest BCUT2D eigenvalue weighted by Crippen LogP contribution is 2.11. The van der Waals surface area contributed by atoms with Crippen molar-refractivity contribution in [3.05, 3.63) is 0 Å². The largest absolute Gasteiger partial charge is 0.467 e. The smallest absolute Gasteiger partial charge is 0.408 e. The summed E-state index contributed by atoms with van der Waals surface area (Å²) in [6, 6.07) is -3.16. The molecule has 3 atom stereocenters. The van der Waals surface area contributed by atoms with Crippen LogP contribution >= 0.6 is 0 Å². The predicted octanol–water partition coefficient (Wildman–Crippen LogP) is 2.64. The van der Waals surface area contributed by atoms with E-state index in [1.54, 1.807) is 41.5 Å². The number of alkyl carbamates (subject to hydrolysis) is 2. The van der Waals surface area contributed by atoms with E-state index in [4.69, 9.17) is 14.2 Å². The van der Waals surface area contributed by atoms with E-state index in [0.29, 0.717) is 6.42 Å². The number of rotatable bonds is 12. The van der Waals surface area contributed by atoms with Gasteiger partial charge in [0.1, 0.15) is 29.3 Å². The zero-order valence-corrected chi connectivity index (χ0v) is 24.8. The van der Waals surface area contributed by atoms with Crippen LogP contribution in [0.3, 0.4) is 0 Å². The molecule has 0 saturated carbocycles. The zero-order chi connectivity index (χ0) is 29.8. The Hall–Kier alpha value is -3.05. The number of carbonyl (C=O) groups is 5. The maximum atomic E-state index is 13.0. The second kappa shape index (κ2) is 15.4. The Bertz CT molecular complexity index is 815. The summed E-state index contributed by atoms with van der Waals surface area (Å²) < 4.78 is 15.3. The molecule has 12 heteroatoms. The molecule has 0 rings (SSSR count). The average molecular weight is 545 g/mol. The van der Waals surface area contributed by atoms with Gasteiger partial charge in [-0.25, -0.2) is 14.4 Å². The lowest BCUT2D eigenvalue weighted by atomic mass is 10.0. The number of esters is 1. The Balaban J connectivity index is 5.49. The van der Waals surface area contributed by atoms with E-state index in [2.05, 4.69) is 21.3 Å². The van der Waals surface area contributed by atoms with Crippen molar-refractivity contribution >= 4 is 30.0 Å². The summed E-state index contributed by atoms with van der Waals surface area (Å²) >= 11 is 0. The second-order valence-electron chi connectivity index (χ2n) is 12.0. The van der Waals surface area contributed by atoms with Crippen LogP contribution in [-0.2, 0) is 28.6 Å². The first-order valence-corrected chi connectivity index (χ1v) is 12.9. The van der Waals surface area contributed by atoms with Gasteiger partial charge in [-0.3, -0.25) is 9.59 Å². The van der Waals surface area contributed by atoms with Gasteiger partial charge in [-0.2, -0.15) is 0 Å². The van der Waals surface area contributed by atoms with Crippen LogP contribution in [0.1, 0.15) is 82.1 Å². The van der Waals surface area contributed by atoms with Crippen molar-refractivity contribution in [1.29, 1.82) is 0 Å². The lowest BCUT2D eigenvalue weighted by Gasteiger charge is -2.26. The summed E-state index contributed by atoms with van der Waals surface area (Å²) in [5.41, 5.74) is -1.51. The van der Waals surface area contributed by atoms with E-state index >= 15 is 0 Å². The Labute approximate surface area is 226 Å². The van der Waals surface area contributed by atoms with Crippen LogP contribution in [0.2, 0.25) is 0 Å². The van der Waals surface area contributed by atoms with Crippen LogP contribution in [-0.4, -0.2) is 73.0 Å². The van der Waals surface area contributed by atoms with Gasteiger partial charge in [0.05, 0.1) is 7.11 Å². The van der Waals surface area contributed by atoms with Gasteiger partial charge >= 0.3 is 18.2 Å². The van der Waals surface area contributed by atoms with Crippen LogP contribution in [0.5, 0.6) is 0 Å². The molecule has 0 fully saturated rings. The summed E-state index contributed by atoms with van der Waals surface area (Å²) in [6.45, 7) is 17.4. The van der Waals surface area contributed by atoms with Gasteiger partial charge in [0, 0.05) is 6.54 Å². The lowest BCUT2D eigenvalue weighted by Crippen LogP contribution is -2.57. The number of hydrogen-bond donors (Lipinski definition) is 4. The Morgan fingerprint density at radius 3 is 1.37 bits per heavy atom. The number of carbonyl (C=O) groups excluding carboxylic acids is 5. The van der Waals surface area contributed by atoms with Gasteiger partial charge in [-0.15, -0.1) is 0 Å². The first-order valence-electron chi connectivity index (χ1n) is 12.9. The molecule has 0 saturated heterocycles. The van der Waals surface area contributed by atoms with E-state index in [1.165, 1.54) is 0 Å². The van der Waals surface area contributed by atoms with Crippen molar-refractivity contribution in [1.82, 2.24) is 21.3 Å². The third kappa shape index (κ3) is 15.9. The van der Waals surface area contributed by atoms with Gasteiger partial charge in [-0.1, -0.05) is 27.7 Å². The molecule has 0 aliphatic rings. The fourth-order valence-electron chi connectivity index (χ4n) is 3.24. The molecular weight excluding hydrogens is 496 g/mol. The molecule has 4 amide bonds. The van der Waals surface area contributed by atoms with E-state index < -0.39 is 59.3 Å². The van der Waals surface area contributed by atoms with E-state index in [9.17, 15) is 24.0 Å². The highest BCUT2D eigenvalue weighted by atomic mass is 16.6. The topological polar surface area (TPSA) is 161 Å². The van der Waals surface area contributed by atoms with Crippen LogP contribution < -0.4 is 21.3 Å². The van der Waals surface area contributed by atoms with Crippen LogP contribution in [0, 0.1) is 11.8 Å². The molecule has 0 radical (unpaired) electrons. The monoisotopic (exact) mass is 544 g/mol. The molecule has 0 bridgehead atoms. The minimum absolute atomic E-state index is 0.0349. The number of methoxy groups -OCH3 is 1. The predicted molar refractivity (Wildman–Crippen MR) is 142 cm³/mol. The van der Waals surface area contributed by atoms with Crippen molar-refractivity contribution in [3.8, 4) is 0 Å². The molecule has 0 heterocycles. The fourth-order valence-corrected chi connectivity index (χ4v) is 3.24. The Morgan fingerprint density at radius 2 is 1.03 bits per heavy atom. The maximum Gasteiger partial charge on any atom is 0.408 e. The van der Waals surface area contributed by atoms with Gasteiger partial charge in [-0.05, 0) is 66.2 Å². The molecule has 12 nitrogen and oxygen atoms in total.